The standard InChI is InChI=1S/C11H14BrNO2.ClH/c1-4-9(13)7-5-10(14-2)11(15-3)6-8(7)12;/h4-6,9H,1,13H2,2-3H3;1H/t9-;/m0./s1. The van der Waals surface area contributed by atoms with E-state index in [0.717, 1.165) is 10.0 Å². The third-order valence-electron chi connectivity index (χ3n) is 2.12. The molecular formula is C11H15BrClNO2. The summed E-state index contributed by atoms with van der Waals surface area (Å²) in [5.74, 6) is 1.33. The third-order valence-corrected chi connectivity index (χ3v) is 2.80. The van der Waals surface area contributed by atoms with Crippen molar-refractivity contribution in [2.24, 2.45) is 5.73 Å². The molecule has 0 aliphatic heterocycles. The lowest BCUT2D eigenvalue weighted by atomic mass is 10.1. The Kier molecular flexibility index (Phi) is 6.48. The molecule has 0 bridgehead atoms. The minimum atomic E-state index is -0.223. The van der Waals surface area contributed by atoms with E-state index in [1.807, 2.05) is 12.1 Å². The van der Waals surface area contributed by atoms with E-state index in [-0.39, 0.29) is 18.4 Å². The number of ether oxygens (including phenoxy) is 2. The van der Waals surface area contributed by atoms with Crippen molar-refractivity contribution < 1.29 is 9.47 Å². The summed E-state index contributed by atoms with van der Waals surface area (Å²) in [4.78, 5) is 0. The lowest BCUT2D eigenvalue weighted by molar-refractivity contribution is 0.354. The van der Waals surface area contributed by atoms with Crippen molar-refractivity contribution >= 4 is 28.3 Å². The van der Waals surface area contributed by atoms with E-state index in [0.29, 0.717) is 11.5 Å². The van der Waals surface area contributed by atoms with Crippen LogP contribution in [0.15, 0.2) is 29.3 Å². The van der Waals surface area contributed by atoms with Crippen LogP contribution in [0.3, 0.4) is 0 Å². The minimum Gasteiger partial charge on any atom is -0.493 e. The molecule has 1 atom stereocenters. The molecular weight excluding hydrogens is 293 g/mol. The molecule has 5 heteroatoms. The Hall–Kier alpha value is -0.710. The highest BCUT2D eigenvalue weighted by atomic mass is 79.9. The maximum atomic E-state index is 5.87. The fourth-order valence-corrected chi connectivity index (χ4v) is 1.84. The van der Waals surface area contributed by atoms with Crippen LogP contribution in [-0.4, -0.2) is 14.2 Å². The van der Waals surface area contributed by atoms with Crippen LogP contribution in [0.4, 0.5) is 0 Å². The number of benzene rings is 1. The lowest BCUT2D eigenvalue weighted by Gasteiger charge is -2.14. The van der Waals surface area contributed by atoms with Gasteiger partial charge in [0.05, 0.1) is 14.2 Å². The second-order valence-electron chi connectivity index (χ2n) is 2.99. The average Bonchev–Trinajstić information content (AvgIpc) is 2.27. The topological polar surface area (TPSA) is 44.5 Å². The maximum absolute atomic E-state index is 5.87. The highest BCUT2D eigenvalue weighted by Gasteiger charge is 2.12. The van der Waals surface area contributed by atoms with E-state index >= 15 is 0 Å². The molecule has 3 nitrogen and oxygen atoms in total. The zero-order valence-corrected chi connectivity index (χ0v) is 11.6. The van der Waals surface area contributed by atoms with Crippen molar-refractivity contribution in [3.05, 3.63) is 34.8 Å². The molecule has 1 rings (SSSR count). The second kappa shape index (κ2) is 6.78. The molecule has 0 aliphatic rings. The monoisotopic (exact) mass is 307 g/mol. The Morgan fingerprint density at radius 1 is 1.31 bits per heavy atom. The van der Waals surface area contributed by atoms with Gasteiger partial charge in [-0.2, -0.15) is 0 Å². The van der Waals surface area contributed by atoms with Crippen molar-refractivity contribution in [1.82, 2.24) is 0 Å². The van der Waals surface area contributed by atoms with Crippen LogP contribution in [0.2, 0.25) is 0 Å². The predicted molar refractivity (Wildman–Crippen MR) is 71.6 cm³/mol. The molecule has 0 aromatic heterocycles. The van der Waals surface area contributed by atoms with Crippen molar-refractivity contribution in [2.45, 2.75) is 6.04 Å². The van der Waals surface area contributed by atoms with Gasteiger partial charge in [0.15, 0.2) is 11.5 Å². The first-order chi connectivity index (χ1) is 7.13. The molecule has 0 saturated heterocycles. The van der Waals surface area contributed by atoms with Crippen molar-refractivity contribution in [3.63, 3.8) is 0 Å². The van der Waals surface area contributed by atoms with Gasteiger partial charge in [-0.1, -0.05) is 22.0 Å². The van der Waals surface area contributed by atoms with Crippen molar-refractivity contribution in [1.29, 1.82) is 0 Å². The van der Waals surface area contributed by atoms with Gasteiger partial charge in [-0.05, 0) is 17.7 Å². The van der Waals surface area contributed by atoms with E-state index < -0.39 is 0 Å². The first-order valence-electron chi connectivity index (χ1n) is 4.43. The summed E-state index contributed by atoms with van der Waals surface area (Å²) in [5, 5.41) is 0. The van der Waals surface area contributed by atoms with Gasteiger partial charge in [0.25, 0.3) is 0 Å². The number of rotatable bonds is 4. The Bertz CT molecular complexity index is 371. The summed E-state index contributed by atoms with van der Waals surface area (Å²) < 4.78 is 11.2. The summed E-state index contributed by atoms with van der Waals surface area (Å²) in [7, 11) is 3.19. The molecule has 0 spiro atoms. The molecule has 0 aliphatic carbocycles. The van der Waals surface area contributed by atoms with Crippen LogP contribution in [-0.2, 0) is 0 Å². The number of hydrogen-bond acceptors (Lipinski definition) is 3. The predicted octanol–water partition coefficient (Wildman–Crippen LogP) is 3.07. The Balaban J connectivity index is 0.00000225. The molecule has 1 aromatic carbocycles. The van der Waals surface area contributed by atoms with Crippen molar-refractivity contribution in [3.8, 4) is 11.5 Å². The van der Waals surface area contributed by atoms with Crippen LogP contribution in [0.5, 0.6) is 11.5 Å². The summed E-state index contributed by atoms with van der Waals surface area (Å²) in [6.07, 6.45) is 1.67. The molecule has 90 valence electrons. The highest BCUT2D eigenvalue weighted by molar-refractivity contribution is 9.10. The fraction of sp³-hybridized carbons (Fsp3) is 0.273. The van der Waals surface area contributed by atoms with Gasteiger partial charge in [0, 0.05) is 10.5 Å². The zero-order valence-electron chi connectivity index (χ0n) is 9.20. The van der Waals surface area contributed by atoms with Crippen LogP contribution < -0.4 is 15.2 Å². The van der Waals surface area contributed by atoms with Gasteiger partial charge in [0.2, 0.25) is 0 Å². The van der Waals surface area contributed by atoms with Crippen LogP contribution in [0.1, 0.15) is 11.6 Å². The van der Waals surface area contributed by atoms with Gasteiger partial charge in [-0.15, -0.1) is 19.0 Å². The highest BCUT2D eigenvalue weighted by Crippen LogP contribution is 2.35. The van der Waals surface area contributed by atoms with Gasteiger partial charge < -0.3 is 15.2 Å². The van der Waals surface area contributed by atoms with Crippen LogP contribution >= 0.6 is 28.3 Å². The minimum absolute atomic E-state index is 0. The van der Waals surface area contributed by atoms with E-state index in [9.17, 15) is 0 Å². The normalized spacial score (nSPS) is 11.2. The maximum Gasteiger partial charge on any atom is 0.161 e. The fourth-order valence-electron chi connectivity index (χ4n) is 1.25. The summed E-state index contributed by atoms with van der Waals surface area (Å²) in [5.41, 5.74) is 6.78. The van der Waals surface area contributed by atoms with E-state index in [4.69, 9.17) is 15.2 Å². The molecule has 2 N–H and O–H groups in total. The van der Waals surface area contributed by atoms with Crippen LogP contribution in [0.25, 0.3) is 0 Å². The van der Waals surface area contributed by atoms with Crippen molar-refractivity contribution in [2.75, 3.05) is 14.2 Å². The van der Waals surface area contributed by atoms with Gasteiger partial charge in [-0.3, -0.25) is 0 Å². The molecule has 1 aromatic rings. The van der Waals surface area contributed by atoms with Gasteiger partial charge >= 0.3 is 0 Å². The van der Waals surface area contributed by atoms with E-state index in [2.05, 4.69) is 22.5 Å². The molecule has 16 heavy (non-hydrogen) atoms. The Morgan fingerprint density at radius 3 is 2.25 bits per heavy atom. The zero-order chi connectivity index (χ0) is 11.4. The third kappa shape index (κ3) is 3.14. The SMILES string of the molecule is C=C[C@H](N)c1cc(OC)c(OC)cc1Br.Cl. The smallest absolute Gasteiger partial charge is 0.161 e. The lowest BCUT2D eigenvalue weighted by Crippen LogP contribution is -2.07. The van der Waals surface area contributed by atoms with Gasteiger partial charge in [0.1, 0.15) is 0 Å². The number of halogens is 2. The molecule has 0 unspecified atom stereocenters. The summed E-state index contributed by atoms with van der Waals surface area (Å²) >= 11 is 3.43. The molecule has 0 heterocycles. The number of methoxy groups -OCH3 is 2. The average molecular weight is 309 g/mol. The van der Waals surface area contributed by atoms with E-state index in [1.54, 1.807) is 20.3 Å². The Morgan fingerprint density at radius 2 is 1.81 bits per heavy atom. The van der Waals surface area contributed by atoms with Gasteiger partial charge in [-0.25, -0.2) is 0 Å². The summed E-state index contributed by atoms with van der Waals surface area (Å²) in [6.45, 7) is 3.66. The van der Waals surface area contributed by atoms with E-state index in [1.165, 1.54) is 0 Å². The summed E-state index contributed by atoms with van der Waals surface area (Å²) in [6, 6.07) is 3.45. The number of nitrogens with two attached hydrogens (primary N) is 1. The first kappa shape index (κ1) is 15.3. The largest absolute Gasteiger partial charge is 0.493 e. The molecule has 0 radical (unpaired) electrons. The second-order valence-corrected chi connectivity index (χ2v) is 3.84. The first-order valence-corrected chi connectivity index (χ1v) is 5.23. The number of hydrogen-bond donors (Lipinski definition) is 1. The van der Waals surface area contributed by atoms with Crippen LogP contribution in [0, 0.1) is 0 Å². The molecule has 0 fully saturated rings. The Labute approximate surface area is 110 Å². The molecule has 0 amide bonds. The molecule has 0 saturated carbocycles. The quantitative estimate of drug-likeness (QED) is 0.869.